The van der Waals surface area contributed by atoms with Crippen LogP contribution in [0.25, 0.3) is 0 Å². The largest absolute Gasteiger partial charge is 0.488 e. The summed E-state index contributed by atoms with van der Waals surface area (Å²) in [4.78, 5) is 21.3. The van der Waals surface area contributed by atoms with Crippen LogP contribution in [0.1, 0.15) is 15.9 Å². The van der Waals surface area contributed by atoms with Crippen LogP contribution in [-0.4, -0.2) is 10.8 Å². The van der Waals surface area contributed by atoms with Crippen LogP contribution in [0, 0.1) is 10.1 Å². The van der Waals surface area contributed by atoms with E-state index in [1.54, 1.807) is 29.6 Å². The van der Waals surface area contributed by atoms with Crippen molar-refractivity contribution in [3.8, 4) is 5.75 Å². The topological polar surface area (TPSA) is 95.5 Å². The third kappa shape index (κ3) is 3.08. The van der Waals surface area contributed by atoms with E-state index in [-0.39, 0.29) is 17.2 Å². The number of amides is 1. The van der Waals surface area contributed by atoms with Crippen LogP contribution >= 0.6 is 11.3 Å². The summed E-state index contributed by atoms with van der Waals surface area (Å²) >= 11 is 1.03. The molecule has 1 amide bonds. The molecule has 2 rings (SSSR count). The quantitative estimate of drug-likeness (QED) is 0.670. The zero-order valence-corrected chi connectivity index (χ0v) is 10.6. The fourth-order valence-electron chi connectivity index (χ4n) is 1.49. The molecule has 98 valence electrons. The van der Waals surface area contributed by atoms with Gasteiger partial charge >= 0.3 is 5.00 Å². The molecule has 2 N–H and O–H groups in total. The highest BCUT2D eigenvalue weighted by molar-refractivity contribution is 7.13. The summed E-state index contributed by atoms with van der Waals surface area (Å²) in [5.41, 5.74) is 6.18. The molecule has 0 fully saturated rings. The van der Waals surface area contributed by atoms with Crippen molar-refractivity contribution in [2.45, 2.75) is 6.61 Å². The summed E-state index contributed by atoms with van der Waals surface area (Å²) in [6.45, 7) is 0.147. The van der Waals surface area contributed by atoms with Gasteiger partial charge in [0.15, 0.2) is 0 Å². The monoisotopic (exact) mass is 278 g/mol. The Morgan fingerprint density at radius 1 is 1.42 bits per heavy atom. The number of nitro groups is 1. The van der Waals surface area contributed by atoms with Crippen molar-refractivity contribution >= 4 is 22.2 Å². The molecule has 1 aromatic carbocycles. The number of ether oxygens (including phenoxy) is 1. The van der Waals surface area contributed by atoms with E-state index in [4.69, 9.17) is 10.5 Å². The Morgan fingerprint density at radius 3 is 2.79 bits per heavy atom. The van der Waals surface area contributed by atoms with Crippen molar-refractivity contribution < 1.29 is 14.5 Å². The summed E-state index contributed by atoms with van der Waals surface area (Å²) in [6.07, 6.45) is 0. The van der Waals surface area contributed by atoms with Gasteiger partial charge in [-0.25, -0.2) is 0 Å². The number of thiophene rings is 1. The Bertz CT molecular complexity index is 624. The van der Waals surface area contributed by atoms with Gasteiger partial charge in [0, 0.05) is 17.0 Å². The molecule has 0 aliphatic heterocycles. The summed E-state index contributed by atoms with van der Waals surface area (Å²) in [5, 5.41) is 12.2. The van der Waals surface area contributed by atoms with Gasteiger partial charge in [-0.2, -0.15) is 0 Å². The van der Waals surface area contributed by atoms with Crippen molar-refractivity contribution in [2.75, 3.05) is 0 Å². The molecular formula is C12H10N2O4S. The van der Waals surface area contributed by atoms with Gasteiger partial charge in [0.05, 0.1) is 10.5 Å². The minimum Gasteiger partial charge on any atom is -0.488 e. The Labute approximate surface area is 112 Å². The van der Waals surface area contributed by atoms with E-state index in [0.717, 1.165) is 11.3 Å². The first kappa shape index (κ1) is 13.0. The lowest BCUT2D eigenvalue weighted by atomic mass is 10.2. The summed E-state index contributed by atoms with van der Waals surface area (Å²) in [5.74, 6) is -0.212. The molecule has 6 nitrogen and oxygen atoms in total. The van der Waals surface area contributed by atoms with E-state index in [2.05, 4.69) is 0 Å². The molecule has 0 radical (unpaired) electrons. The number of hydrogen-bond donors (Lipinski definition) is 1. The highest BCUT2D eigenvalue weighted by atomic mass is 32.1. The lowest BCUT2D eigenvalue weighted by Crippen LogP contribution is -2.12. The predicted octanol–water partition coefficient (Wildman–Crippen LogP) is 2.33. The molecule has 19 heavy (non-hydrogen) atoms. The Kier molecular flexibility index (Phi) is 3.76. The number of carbonyl (C=O) groups is 1. The second kappa shape index (κ2) is 5.49. The van der Waals surface area contributed by atoms with Gasteiger partial charge in [-0.15, -0.1) is 0 Å². The SMILES string of the molecule is NC(=O)c1ccccc1OCc1csc([N+](=O)[O-])c1. The van der Waals surface area contributed by atoms with Crippen LogP contribution in [0.2, 0.25) is 0 Å². The van der Waals surface area contributed by atoms with Gasteiger partial charge in [0.1, 0.15) is 12.4 Å². The Morgan fingerprint density at radius 2 is 2.16 bits per heavy atom. The van der Waals surface area contributed by atoms with Crippen molar-refractivity contribution in [2.24, 2.45) is 5.73 Å². The van der Waals surface area contributed by atoms with E-state index in [9.17, 15) is 14.9 Å². The highest BCUT2D eigenvalue weighted by Gasteiger charge is 2.12. The van der Waals surface area contributed by atoms with Crippen molar-refractivity contribution in [3.05, 3.63) is 57.0 Å². The Hall–Kier alpha value is -2.41. The van der Waals surface area contributed by atoms with Crippen molar-refractivity contribution in [3.63, 3.8) is 0 Å². The molecule has 0 atom stereocenters. The number of para-hydroxylation sites is 1. The summed E-state index contributed by atoms with van der Waals surface area (Å²) in [7, 11) is 0. The normalized spacial score (nSPS) is 10.1. The van der Waals surface area contributed by atoms with Crippen LogP contribution in [0.15, 0.2) is 35.7 Å². The molecule has 0 saturated heterocycles. The van der Waals surface area contributed by atoms with E-state index in [1.165, 1.54) is 6.07 Å². The second-order valence-corrected chi connectivity index (χ2v) is 4.59. The molecule has 0 bridgehead atoms. The zero-order chi connectivity index (χ0) is 13.8. The fourth-order valence-corrected chi connectivity index (χ4v) is 2.20. The number of hydrogen-bond acceptors (Lipinski definition) is 5. The Balaban J connectivity index is 2.10. The van der Waals surface area contributed by atoms with Crippen LogP contribution in [0.3, 0.4) is 0 Å². The van der Waals surface area contributed by atoms with Gasteiger partial charge in [0.25, 0.3) is 5.91 Å². The maximum atomic E-state index is 11.2. The minimum absolute atomic E-state index is 0.0572. The predicted molar refractivity (Wildman–Crippen MR) is 70.3 cm³/mol. The first-order chi connectivity index (χ1) is 9.08. The van der Waals surface area contributed by atoms with Gasteiger partial charge in [-0.3, -0.25) is 14.9 Å². The zero-order valence-electron chi connectivity index (χ0n) is 9.74. The molecule has 0 saturated carbocycles. The summed E-state index contributed by atoms with van der Waals surface area (Å²) in [6, 6.07) is 8.03. The molecule has 0 spiro atoms. The number of carbonyl (C=O) groups excluding carboxylic acids is 1. The van der Waals surface area contributed by atoms with Crippen molar-refractivity contribution in [1.29, 1.82) is 0 Å². The molecule has 7 heteroatoms. The maximum Gasteiger partial charge on any atom is 0.324 e. The van der Waals surface area contributed by atoms with Gasteiger partial charge in [-0.1, -0.05) is 23.5 Å². The van der Waals surface area contributed by atoms with Crippen LogP contribution in [0.4, 0.5) is 5.00 Å². The molecule has 2 aromatic rings. The van der Waals surface area contributed by atoms with E-state index in [0.29, 0.717) is 11.3 Å². The second-order valence-electron chi connectivity index (χ2n) is 3.70. The maximum absolute atomic E-state index is 11.2. The lowest BCUT2D eigenvalue weighted by Gasteiger charge is -2.07. The average Bonchev–Trinajstić information content (AvgIpc) is 2.85. The first-order valence-corrected chi connectivity index (χ1v) is 6.19. The number of nitrogens with zero attached hydrogens (tertiary/aromatic N) is 1. The molecule has 1 heterocycles. The minimum atomic E-state index is -0.577. The van der Waals surface area contributed by atoms with Crippen LogP contribution < -0.4 is 10.5 Å². The third-order valence-corrected chi connectivity index (χ3v) is 3.30. The highest BCUT2D eigenvalue weighted by Crippen LogP contribution is 2.24. The molecule has 0 aliphatic rings. The smallest absolute Gasteiger partial charge is 0.324 e. The van der Waals surface area contributed by atoms with Gasteiger partial charge < -0.3 is 10.5 Å². The first-order valence-electron chi connectivity index (χ1n) is 5.31. The lowest BCUT2D eigenvalue weighted by molar-refractivity contribution is -0.380. The number of rotatable bonds is 5. The molecular weight excluding hydrogens is 268 g/mol. The summed E-state index contributed by atoms with van der Waals surface area (Å²) < 4.78 is 5.46. The third-order valence-electron chi connectivity index (χ3n) is 2.37. The number of benzene rings is 1. The van der Waals surface area contributed by atoms with Crippen LogP contribution in [0.5, 0.6) is 5.75 Å². The van der Waals surface area contributed by atoms with Gasteiger partial charge in [-0.05, 0) is 12.1 Å². The van der Waals surface area contributed by atoms with E-state index in [1.807, 2.05) is 0 Å². The molecule has 1 aromatic heterocycles. The van der Waals surface area contributed by atoms with Gasteiger partial charge in [0.2, 0.25) is 0 Å². The fraction of sp³-hybridized carbons (Fsp3) is 0.0833. The molecule has 0 aliphatic carbocycles. The molecule has 0 unspecified atom stereocenters. The van der Waals surface area contributed by atoms with Crippen molar-refractivity contribution in [1.82, 2.24) is 0 Å². The number of nitrogens with two attached hydrogens (primary N) is 1. The standard InChI is InChI=1S/C12H10N2O4S/c13-12(15)9-3-1-2-4-10(9)18-6-8-5-11(14(16)17)19-7-8/h1-5,7H,6H2,(H2,13,15). The van der Waals surface area contributed by atoms with E-state index >= 15 is 0 Å². The number of primary amides is 1. The van der Waals surface area contributed by atoms with Crippen LogP contribution in [-0.2, 0) is 6.61 Å². The average molecular weight is 278 g/mol. The van der Waals surface area contributed by atoms with E-state index < -0.39 is 10.8 Å².